The number of nitrogens with zero attached hydrogens (tertiary/aromatic N) is 3. The van der Waals surface area contributed by atoms with Gasteiger partial charge in [-0.15, -0.1) is 0 Å². The van der Waals surface area contributed by atoms with E-state index >= 15 is 0 Å². The Balaban J connectivity index is 1.37. The number of benzene rings is 1. The predicted molar refractivity (Wildman–Crippen MR) is 105 cm³/mol. The van der Waals surface area contributed by atoms with E-state index in [-0.39, 0.29) is 24.2 Å². The van der Waals surface area contributed by atoms with E-state index < -0.39 is 0 Å². The molecular weight excluding hydrogens is 357 g/mol. The highest BCUT2D eigenvalue weighted by molar-refractivity contribution is 5.79. The lowest BCUT2D eigenvalue weighted by Gasteiger charge is -2.33. The number of aromatic amines is 1. The number of amides is 1. The van der Waals surface area contributed by atoms with E-state index in [1.807, 2.05) is 18.2 Å². The van der Waals surface area contributed by atoms with Gasteiger partial charge in [0.05, 0.1) is 12.1 Å². The number of carbonyl (C=O) groups excluding carboxylic acids is 1. The zero-order valence-corrected chi connectivity index (χ0v) is 15.4. The van der Waals surface area contributed by atoms with Gasteiger partial charge in [-0.1, -0.05) is 12.1 Å². The number of carbonyl (C=O) groups is 1. The van der Waals surface area contributed by atoms with Gasteiger partial charge in [-0.25, -0.2) is 4.39 Å². The Labute approximate surface area is 162 Å². The first-order valence-corrected chi connectivity index (χ1v) is 9.42. The minimum absolute atomic E-state index is 0.0517. The molecule has 6 nitrogen and oxygen atoms in total. The van der Waals surface area contributed by atoms with Gasteiger partial charge in [0, 0.05) is 43.2 Å². The third kappa shape index (κ3) is 4.36. The van der Waals surface area contributed by atoms with Crippen LogP contribution in [0.25, 0.3) is 11.3 Å². The highest BCUT2D eigenvalue weighted by Crippen LogP contribution is 2.23. The van der Waals surface area contributed by atoms with Crippen LogP contribution in [0.3, 0.4) is 0 Å². The summed E-state index contributed by atoms with van der Waals surface area (Å²) >= 11 is 0. The van der Waals surface area contributed by atoms with Crippen LogP contribution in [0.2, 0.25) is 0 Å². The molecule has 0 bridgehead atoms. The Bertz CT molecular complexity index is 943. The molecule has 1 atom stereocenters. The van der Waals surface area contributed by atoms with Crippen molar-refractivity contribution in [2.45, 2.75) is 25.3 Å². The fourth-order valence-electron chi connectivity index (χ4n) is 3.57. The molecule has 1 fully saturated rings. The number of hydrogen-bond acceptors (Lipinski definition) is 4. The molecule has 0 unspecified atom stereocenters. The molecule has 3 heterocycles. The number of anilines is 1. The molecule has 1 aliphatic heterocycles. The molecule has 1 amide bonds. The van der Waals surface area contributed by atoms with Crippen LogP contribution in [0.4, 0.5) is 10.2 Å². The standard InChI is InChI=1S/C21H22FN5O/c22-17-4-1-3-15(11-17)12-21(28)24-18-5-2-10-27(14-18)20-13-19(25-26-20)16-6-8-23-9-7-16/h1,3-4,6-9,11,13,18H,2,5,10,12,14H2,(H,24,28)(H,25,26)/t18-/m0/s1. The highest BCUT2D eigenvalue weighted by Gasteiger charge is 2.23. The zero-order chi connectivity index (χ0) is 19.3. The van der Waals surface area contributed by atoms with Crippen molar-refractivity contribution in [2.75, 3.05) is 18.0 Å². The van der Waals surface area contributed by atoms with Crippen molar-refractivity contribution in [3.8, 4) is 11.3 Å². The topological polar surface area (TPSA) is 73.9 Å². The van der Waals surface area contributed by atoms with Gasteiger partial charge in [-0.05, 0) is 42.7 Å². The van der Waals surface area contributed by atoms with Gasteiger partial charge >= 0.3 is 0 Å². The summed E-state index contributed by atoms with van der Waals surface area (Å²) in [5.74, 6) is 0.463. The monoisotopic (exact) mass is 379 g/mol. The fourth-order valence-corrected chi connectivity index (χ4v) is 3.57. The van der Waals surface area contributed by atoms with E-state index in [9.17, 15) is 9.18 Å². The average molecular weight is 379 g/mol. The van der Waals surface area contributed by atoms with Crippen molar-refractivity contribution in [1.82, 2.24) is 20.5 Å². The molecule has 28 heavy (non-hydrogen) atoms. The maximum atomic E-state index is 13.3. The Hall–Kier alpha value is -3.22. The van der Waals surface area contributed by atoms with Crippen LogP contribution in [-0.2, 0) is 11.2 Å². The van der Waals surface area contributed by atoms with Crippen LogP contribution in [0.5, 0.6) is 0 Å². The van der Waals surface area contributed by atoms with Crippen LogP contribution >= 0.6 is 0 Å². The molecular formula is C21H22FN5O. The highest BCUT2D eigenvalue weighted by atomic mass is 19.1. The number of pyridine rings is 1. The number of rotatable bonds is 5. The fraction of sp³-hybridized carbons (Fsp3) is 0.286. The molecule has 0 spiro atoms. The van der Waals surface area contributed by atoms with Gasteiger partial charge in [0.1, 0.15) is 5.82 Å². The van der Waals surface area contributed by atoms with Gasteiger partial charge in [0.15, 0.2) is 5.82 Å². The molecule has 4 rings (SSSR count). The Kier molecular flexibility index (Phi) is 5.32. The number of hydrogen-bond donors (Lipinski definition) is 2. The molecule has 1 aliphatic rings. The summed E-state index contributed by atoms with van der Waals surface area (Å²) in [6.07, 6.45) is 5.58. The molecule has 0 radical (unpaired) electrons. The van der Waals surface area contributed by atoms with E-state index in [1.165, 1.54) is 12.1 Å². The normalized spacial score (nSPS) is 16.8. The van der Waals surface area contributed by atoms with E-state index in [0.717, 1.165) is 36.5 Å². The van der Waals surface area contributed by atoms with Crippen molar-refractivity contribution in [3.63, 3.8) is 0 Å². The Morgan fingerprint density at radius 1 is 1.25 bits per heavy atom. The summed E-state index contributed by atoms with van der Waals surface area (Å²) in [7, 11) is 0. The second-order valence-electron chi connectivity index (χ2n) is 7.04. The number of halogens is 1. The average Bonchev–Trinajstić information content (AvgIpc) is 3.19. The summed E-state index contributed by atoms with van der Waals surface area (Å²) in [5.41, 5.74) is 2.65. The Morgan fingerprint density at radius 2 is 2.11 bits per heavy atom. The summed E-state index contributed by atoms with van der Waals surface area (Å²) in [6, 6.07) is 12.1. The van der Waals surface area contributed by atoms with Crippen molar-refractivity contribution in [3.05, 3.63) is 66.2 Å². The van der Waals surface area contributed by atoms with Crippen molar-refractivity contribution < 1.29 is 9.18 Å². The molecule has 7 heteroatoms. The summed E-state index contributed by atoms with van der Waals surface area (Å²) in [5, 5.41) is 10.6. The smallest absolute Gasteiger partial charge is 0.224 e. The predicted octanol–water partition coefficient (Wildman–Crippen LogP) is 2.94. The third-order valence-electron chi connectivity index (χ3n) is 4.92. The van der Waals surface area contributed by atoms with Gasteiger partial charge in [-0.3, -0.25) is 14.9 Å². The maximum Gasteiger partial charge on any atom is 0.224 e. The van der Waals surface area contributed by atoms with E-state index in [0.29, 0.717) is 12.1 Å². The summed E-state index contributed by atoms with van der Waals surface area (Å²) < 4.78 is 13.3. The first-order valence-electron chi connectivity index (χ1n) is 9.42. The van der Waals surface area contributed by atoms with Gasteiger partial charge < -0.3 is 10.2 Å². The van der Waals surface area contributed by atoms with Crippen LogP contribution in [0.1, 0.15) is 18.4 Å². The maximum absolute atomic E-state index is 13.3. The van der Waals surface area contributed by atoms with Crippen LogP contribution in [-0.4, -0.2) is 40.2 Å². The number of nitrogens with one attached hydrogen (secondary N) is 2. The number of H-pyrrole nitrogens is 1. The van der Waals surface area contributed by atoms with Gasteiger partial charge in [0.2, 0.25) is 5.91 Å². The molecule has 2 N–H and O–H groups in total. The van der Waals surface area contributed by atoms with Gasteiger partial charge in [-0.2, -0.15) is 5.10 Å². The van der Waals surface area contributed by atoms with Gasteiger partial charge in [0.25, 0.3) is 0 Å². The van der Waals surface area contributed by atoms with E-state index in [1.54, 1.807) is 24.5 Å². The van der Waals surface area contributed by atoms with Crippen molar-refractivity contribution in [2.24, 2.45) is 0 Å². The second kappa shape index (κ2) is 8.21. The molecule has 0 saturated carbocycles. The minimum atomic E-state index is -0.322. The lowest BCUT2D eigenvalue weighted by atomic mass is 10.0. The van der Waals surface area contributed by atoms with E-state index in [2.05, 4.69) is 25.4 Å². The minimum Gasteiger partial charge on any atom is -0.353 e. The molecule has 3 aromatic rings. The molecule has 144 valence electrons. The van der Waals surface area contributed by atoms with Crippen LogP contribution < -0.4 is 10.2 Å². The number of aromatic nitrogens is 3. The summed E-state index contributed by atoms with van der Waals surface area (Å²) in [4.78, 5) is 18.6. The lowest BCUT2D eigenvalue weighted by Crippen LogP contribution is -2.48. The molecule has 1 saturated heterocycles. The number of piperidine rings is 1. The first-order chi connectivity index (χ1) is 13.7. The second-order valence-corrected chi connectivity index (χ2v) is 7.04. The molecule has 1 aromatic carbocycles. The SMILES string of the molecule is O=C(Cc1cccc(F)c1)N[C@H]1CCCN(c2cc(-c3ccncc3)[nH]n2)C1. The zero-order valence-electron chi connectivity index (χ0n) is 15.4. The van der Waals surface area contributed by atoms with Crippen molar-refractivity contribution in [1.29, 1.82) is 0 Å². The Morgan fingerprint density at radius 3 is 2.93 bits per heavy atom. The van der Waals surface area contributed by atoms with E-state index in [4.69, 9.17) is 0 Å². The van der Waals surface area contributed by atoms with Crippen molar-refractivity contribution >= 4 is 11.7 Å². The molecule has 2 aromatic heterocycles. The first kappa shape index (κ1) is 18.2. The van der Waals surface area contributed by atoms with Crippen LogP contribution in [0, 0.1) is 5.82 Å². The van der Waals surface area contributed by atoms with Crippen LogP contribution in [0.15, 0.2) is 54.9 Å². The largest absolute Gasteiger partial charge is 0.353 e. The summed E-state index contributed by atoms with van der Waals surface area (Å²) in [6.45, 7) is 1.60. The third-order valence-corrected chi connectivity index (χ3v) is 4.92. The lowest BCUT2D eigenvalue weighted by molar-refractivity contribution is -0.121. The quantitative estimate of drug-likeness (QED) is 0.715. The molecule has 0 aliphatic carbocycles.